The Balaban J connectivity index is 1.45. The van der Waals surface area contributed by atoms with E-state index in [1.165, 1.54) is 42.3 Å². The third kappa shape index (κ3) is 4.06. The van der Waals surface area contributed by atoms with Gasteiger partial charge in [-0.1, -0.05) is 28.1 Å². The monoisotopic (exact) mass is 321 g/mol. The lowest BCUT2D eigenvalue weighted by molar-refractivity contribution is 0.359. The van der Waals surface area contributed by atoms with Gasteiger partial charge in [0.1, 0.15) is 0 Å². The molecule has 1 unspecified atom stereocenters. The average Bonchev–Trinajstić information content (AvgIpc) is 3.26. The highest BCUT2D eigenvalue weighted by Crippen LogP contribution is 2.48. The van der Waals surface area contributed by atoms with Crippen LogP contribution in [0.15, 0.2) is 28.7 Å². The fourth-order valence-electron chi connectivity index (χ4n) is 3.15. The van der Waals surface area contributed by atoms with Crippen molar-refractivity contribution in [2.75, 3.05) is 6.54 Å². The van der Waals surface area contributed by atoms with Crippen LogP contribution in [0.2, 0.25) is 0 Å². The third-order valence-corrected chi connectivity index (χ3v) is 5.14. The van der Waals surface area contributed by atoms with Crippen LogP contribution in [0.5, 0.6) is 0 Å². The van der Waals surface area contributed by atoms with E-state index in [-0.39, 0.29) is 0 Å². The molecule has 19 heavy (non-hydrogen) atoms. The number of nitrogens with one attached hydrogen (secondary N) is 1. The lowest BCUT2D eigenvalue weighted by atomic mass is 9.97. The molecule has 1 aromatic carbocycles. The molecule has 0 radical (unpaired) electrons. The Bertz CT molecular complexity index is 394. The van der Waals surface area contributed by atoms with Gasteiger partial charge in [-0.25, -0.2) is 0 Å². The quantitative estimate of drug-likeness (QED) is 0.784. The predicted molar refractivity (Wildman–Crippen MR) is 84.2 cm³/mol. The van der Waals surface area contributed by atoms with E-state index in [1.807, 2.05) is 0 Å². The predicted octanol–water partition coefficient (Wildman–Crippen LogP) is 4.41. The molecule has 0 saturated heterocycles. The molecule has 1 N–H and O–H groups in total. The van der Waals surface area contributed by atoms with E-state index in [0.717, 1.165) is 24.2 Å². The molecule has 0 bridgehead atoms. The molecule has 0 heterocycles. The lowest BCUT2D eigenvalue weighted by Crippen LogP contribution is -2.34. The number of rotatable bonds is 7. The Kier molecular flexibility index (Phi) is 4.28. The van der Waals surface area contributed by atoms with E-state index in [9.17, 15) is 0 Å². The molecule has 2 fully saturated rings. The van der Waals surface area contributed by atoms with Gasteiger partial charge in [0, 0.05) is 10.5 Å². The molecule has 1 aromatic rings. The number of hydrogen-bond acceptors (Lipinski definition) is 1. The molecule has 2 heteroatoms. The Labute approximate surface area is 125 Å². The highest BCUT2D eigenvalue weighted by molar-refractivity contribution is 9.10. The van der Waals surface area contributed by atoms with Crippen LogP contribution < -0.4 is 5.32 Å². The first-order valence-corrected chi connectivity index (χ1v) is 8.49. The van der Waals surface area contributed by atoms with Gasteiger partial charge in [0.25, 0.3) is 0 Å². The zero-order valence-corrected chi connectivity index (χ0v) is 13.3. The van der Waals surface area contributed by atoms with Crippen molar-refractivity contribution in [1.29, 1.82) is 0 Å². The summed E-state index contributed by atoms with van der Waals surface area (Å²) in [6.07, 6.45) is 7.09. The van der Waals surface area contributed by atoms with Crippen molar-refractivity contribution in [2.45, 2.75) is 45.1 Å². The molecule has 0 spiro atoms. The summed E-state index contributed by atoms with van der Waals surface area (Å²) in [5, 5.41) is 3.78. The summed E-state index contributed by atoms with van der Waals surface area (Å²) in [7, 11) is 0. The summed E-state index contributed by atoms with van der Waals surface area (Å²) in [5.41, 5.74) is 1.43. The molecule has 3 rings (SSSR count). The number of halogens is 1. The molecule has 1 atom stereocenters. The zero-order chi connectivity index (χ0) is 13.2. The standard InChI is InChI=1S/C17H24BrN/c1-12(10-13-2-8-16(18)9-3-13)19-11-17(14-4-5-14)15-6-7-15/h2-3,8-9,12,14-15,17,19H,4-7,10-11H2,1H3. The molecule has 0 aromatic heterocycles. The van der Waals surface area contributed by atoms with Crippen LogP contribution >= 0.6 is 15.9 Å². The third-order valence-electron chi connectivity index (χ3n) is 4.61. The molecule has 2 aliphatic carbocycles. The van der Waals surface area contributed by atoms with Crippen LogP contribution in [0, 0.1) is 17.8 Å². The first-order chi connectivity index (χ1) is 9.22. The lowest BCUT2D eigenvalue weighted by Gasteiger charge is -2.20. The molecule has 0 aliphatic heterocycles. The Morgan fingerprint density at radius 2 is 1.68 bits per heavy atom. The van der Waals surface area contributed by atoms with Gasteiger partial charge in [-0.3, -0.25) is 0 Å². The van der Waals surface area contributed by atoms with Crippen molar-refractivity contribution in [2.24, 2.45) is 17.8 Å². The van der Waals surface area contributed by atoms with Gasteiger partial charge in [-0.15, -0.1) is 0 Å². The summed E-state index contributed by atoms with van der Waals surface area (Å²) in [4.78, 5) is 0. The van der Waals surface area contributed by atoms with E-state index < -0.39 is 0 Å². The second-order valence-electron chi connectivity index (χ2n) is 6.48. The van der Waals surface area contributed by atoms with E-state index in [4.69, 9.17) is 0 Å². The summed E-state index contributed by atoms with van der Waals surface area (Å²) in [6.45, 7) is 3.56. The molecule has 0 amide bonds. The summed E-state index contributed by atoms with van der Waals surface area (Å²) >= 11 is 3.49. The largest absolute Gasteiger partial charge is 0.314 e. The van der Waals surface area contributed by atoms with E-state index in [1.54, 1.807) is 0 Å². The van der Waals surface area contributed by atoms with Gasteiger partial charge in [0.2, 0.25) is 0 Å². The van der Waals surface area contributed by atoms with Crippen molar-refractivity contribution >= 4 is 15.9 Å². The molecule has 2 aliphatic rings. The van der Waals surface area contributed by atoms with Gasteiger partial charge in [0.05, 0.1) is 0 Å². The number of hydrogen-bond donors (Lipinski definition) is 1. The van der Waals surface area contributed by atoms with E-state index in [2.05, 4.69) is 52.4 Å². The molecule has 104 valence electrons. The minimum absolute atomic E-state index is 0.584. The maximum Gasteiger partial charge on any atom is 0.0175 e. The van der Waals surface area contributed by atoms with Gasteiger partial charge in [-0.2, -0.15) is 0 Å². The van der Waals surface area contributed by atoms with Crippen LogP contribution in [-0.2, 0) is 6.42 Å². The smallest absolute Gasteiger partial charge is 0.0175 e. The van der Waals surface area contributed by atoms with Gasteiger partial charge in [-0.05, 0) is 81.0 Å². The van der Waals surface area contributed by atoms with Gasteiger partial charge in [0.15, 0.2) is 0 Å². The SMILES string of the molecule is CC(Cc1ccc(Br)cc1)NCC(C1CC1)C1CC1. The van der Waals surface area contributed by atoms with Crippen LogP contribution in [0.25, 0.3) is 0 Å². The maximum atomic E-state index is 3.78. The highest BCUT2D eigenvalue weighted by Gasteiger charge is 2.40. The molecule has 2 saturated carbocycles. The number of benzene rings is 1. The van der Waals surface area contributed by atoms with Crippen LogP contribution in [0.1, 0.15) is 38.2 Å². The van der Waals surface area contributed by atoms with Crippen molar-refractivity contribution in [3.63, 3.8) is 0 Å². The fraction of sp³-hybridized carbons (Fsp3) is 0.647. The van der Waals surface area contributed by atoms with Crippen molar-refractivity contribution in [3.8, 4) is 0 Å². The molecular weight excluding hydrogens is 298 g/mol. The topological polar surface area (TPSA) is 12.0 Å². The first kappa shape index (κ1) is 13.6. The summed E-state index contributed by atoms with van der Waals surface area (Å²) in [5.74, 6) is 3.09. The average molecular weight is 322 g/mol. The highest BCUT2D eigenvalue weighted by atomic mass is 79.9. The van der Waals surface area contributed by atoms with Crippen molar-refractivity contribution in [1.82, 2.24) is 5.32 Å². The van der Waals surface area contributed by atoms with E-state index >= 15 is 0 Å². The fourth-order valence-corrected chi connectivity index (χ4v) is 3.41. The summed E-state index contributed by atoms with van der Waals surface area (Å²) in [6, 6.07) is 9.31. The summed E-state index contributed by atoms with van der Waals surface area (Å²) < 4.78 is 1.17. The Morgan fingerprint density at radius 1 is 1.11 bits per heavy atom. The van der Waals surface area contributed by atoms with Gasteiger partial charge < -0.3 is 5.32 Å². The zero-order valence-electron chi connectivity index (χ0n) is 11.7. The molecule has 1 nitrogen and oxygen atoms in total. The molecular formula is C17H24BrN. The minimum atomic E-state index is 0.584. The van der Waals surface area contributed by atoms with Crippen LogP contribution in [0.3, 0.4) is 0 Å². The maximum absolute atomic E-state index is 3.78. The van der Waals surface area contributed by atoms with Crippen molar-refractivity contribution < 1.29 is 0 Å². The second-order valence-corrected chi connectivity index (χ2v) is 7.39. The minimum Gasteiger partial charge on any atom is -0.314 e. The Hall–Kier alpha value is -0.340. The normalized spacial score (nSPS) is 20.8. The van der Waals surface area contributed by atoms with Crippen LogP contribution in [0.4, 0.5) is 0 Å². The van der Waals surface area contributed by atoms with Crippen molar-refractivity contribution in [3.05, 3.63) is 34.3 Å². The van der Waals surface area contributed by atoms with Crippen LogP contribution in [-0.4, -0.2) is 12.6 Å². The van der Waals surface area contributed by atoms with E-state index in [0.29, 0.717) is 6.04 Å². The van der Waals surface area contributed by atoms with Gasteiger partial charge >= 0.3 is 0 Å². The Morgan fingerprint density at radius 3 is 2.21 bits per heavy atom. The first-order valence-electron chi connectivity index (χ1n) is 7.70. The second kappa shape index (κ2) is 5.97.